The van der Waals surface area contributed by atoms with Gasteiger partial charge in [0.05, 0.1) is 5.51 Å². The number of hydrogen-bond donors (Lipinski definition) is 1. The molecule has 0 radical (unpaired) electrons. The lowest BCUT2D eigenvalue weighted by Gasteiger charge is -2.40. The van der Waals surface area contributed by atoms with Crippen LogP contribution in [0.1, 0.15) is 18.7 Å². The zero-order valence-electron chi connectivity index (χ0n) is 12.3. The fourth-order valence-electron chi connectivity index (χ4n) is 2.61. The third-order valence-electron chi connectivity index (χ3n) is 3.91. The molecule has 19 heavy (non-hydrogen) atoms. The van der Waals surface area contributed by atoms with Gasteiger partial charge in [-0.2, -0.15) is 0 Å². The van der Waals surface area contributed by atoms with E-state index in [1.54, 1.807) is 11.3 Å². The Balaban J connectivity index is 1.79. The molecule has 0 spiro atoms. The van der Waals surface area contributed by atoms with Crippen molar-refractivity contribution in [2.45, 2.75) is 26.4 Å². The third-order valence-corrected chi connectivity index (χ3v) is 4.69. The molecule has 1 aromatic heterocycles. The van der Waals surface area contributed by atoms with E-state index >= 15 is 0 Å². The van der Waals surface area contributed by atoms with Gasteiger partial charge >= 0.3 is 0 Å². The van der Waals surface area contributed by atoms with Crippen molar-refractivity contribution < 1.29 is 0 Å². The van der Waals surface area contributed by atoms with Gasteiger partial charge in [-0.25, -0.2) is 0 Å². The van der Waals surface area contributed by atoms with Crippen LogP contribution in [0.5, 0.6) is 0 Å². The number of thiazole rings is 1. The van der Waals surface area contributed by atoms with Gasteiger partial charge in [0.25, 0.3) is 0 Å². The number of hydrogen-bond acceptors (Lipinski definition) is 5. The first-order chi connectivity index (χ1) is 9.16. The summed E-state index contributed by atoms with van der Waals surface area (Å²) >= 11 is 1.72. The summed E-state index contributed by atoms with van der Waals surface area (Å²) < 4.78 is 0. The summed E-state index contributed by atoms with van der Waals surface area (Å²) in [5.74, 6) is 0.692. The maximum absolute atomic E-state index is 4.12. The van der Waals surface area contributed by atoms with Gasteiger partial charge in [-0.15, -0.1) is 11.3 Å². The van der Waals surface area contributed by atoms with Crippen LogP contribution in [0.15, 0.2) is 11.7 Å². The highest BCUT2D eigenvalue weighted by molar-refractivity contribution is 7.09. The highest BCUT2D eigenvalue weighted by Gasteiger charge is 2.24. The zero-order valence-corrected chi connectivity index (χ0v) is 13.1. The maximum atomic E-state index is 4.12. The van der Waals surface area contributed by atoms with E-state index in [1.807, 2.05) is 11.7 Å². The minimum atomic E-state index is 0.640. The van der Waals surface area contributed by atoms with Gasteiger partial charge in [0, 0.05) is 56.4 Å². The molecule has 2 heterocycles. The van der Waals surface area contributed by atoms with Gasteiger partial charge in [0.2, 0.25) is 0 Å². The normalized spacial score (nSPS) is 20.0. The molecular weight excluding hydrogens is 256 g/mol. The molecule has 1 unspecified atom stereocenters. The van der Waals surface area contributed by atoms with Gasteiger partial charge in [-0.1, -0.05) is 13.8 Å². The van der Waals surface area contributed by atoms with Crippen molar-refractivity contribution >= 4 is 11.3 Å². The molecule has 1 aromatic rings. The quantitative estimate of drug-likeness (QED) is 0.857. The second-order valence-electron chi connectivity index (χ2n) is 5.75. The molecule has 1 saturated heterocycles. The molecule has 1 aliphatic heterocycles. The van der Waals surface area contributed by atoms with Crippen LogP contribution in [0, 0.1) is 5.92 Å². The monoisotopic (exact) mass is 282 g/mol. The molecule has 5 heteroatoms. The van der Waals surface area contributed by atoms with E-state index in [0.29, 0.717) is 12.0 Å². The summed E-state index contributed by atoms with van der Waals surface area (Å²) in [7, 11) is 2.21. The number of piperazine rings is 1. The molecule has 2 rings (SSSR count). The van der Waals surface area contributed by atoms with E-state index < -0.39 is 0 Å². The van der Waals surface area contributed by atoms with E-state index in [-0.39, 0.29) is 0 Å². The minimum Gasteiger partial charge on any atom is -0.310 e. The molecule has 1 atom stereocenters. The van der Waals surface area contributed by atoms with E-state index in [2.05, 4.69) is 41.0 Å². The molecule has 1 aliphatic rings. The van der Waals surface area contributed by atoms with Crippen molar-refractivity contribution in [2.75, 3.05) is 39.8 Å². The first-order valence-electron chi connectivity index (χ1n) is 7.17. The van der Waals surface area contributed by atoms with E-state index in [9.17, 15) is 0 Å². The number of likely N-dealkylation sites (N-methyl/N-ethyl adjacent to an activating group) is 1. The van der Waals surface area contributed by atoms with Crippen LogP contribution in [-0.4, -0.2) is 60.6 Å². The number of aromatic nitrogens is 1. The van der Waals surface area contributed by atoms with Crippen LogP contribution in [-0.2, 0) is 6.54 Å². The van der Waals surface area contributed by atoms with Crippen molar-refractivity contribution in [3.05, 3.63) is 16.6 Å². The van der Waals surface area contributed by atoms with Crippen molar-refractivity contribution in [3.63, 3.8) is 0 Å². The molecule has 0 aliphatic carbocycles. The third kappa shape index (κ3) is 4.53. The Morgan fingerprint density at radius 1 is 1.32 bits per heavy atom. The van der Waals surface area contributed by atoms with Crippen LogP contribution in [0.25, 0.3) is 0 Å². The summed E-state index contributed by atoms with van der Waals surface area (Å²) in [6.45, 7) is 11.5. The lowest BCUT2D eigenvalue weighted by Crippen LogP contribution is -2.53. The first kappa shape index (κ1) is 14.9. The fraction of sp³-hybridized carbons (Fsp3) is 0.786. The Hall–Kier alpha value is -0.490. The molecule has 4 nitrogen and oxygen atoms in total. The molecule has 1 fully saturated rings. The fourth-order valence-corrected chi connectivity index (χ4v) is 3.18. The van der Waals surface area contributed by atoms with Crippen molar-refractivity contribution in [3.8, 4) is 0 Å². The van der Waals surface area contributed by atoms with Crippen LogP contribution in [0.2, 0.25) is 0 Å². The molecule has 1 N–H and O–H groups in total. The summed E-state index contributed by atoms with van der Waals surface area (Å²) in [5.41, 5.74) is 1.90. The topological polar surface area (TPSA) is 31.4 Å². The Morgan fingerprint density at radius 2 is 2.05 bits per heavy atom. The average Bonchev–Trinajstić information content (AvgIpc) is 2.89. The SMILES string of the molecule is CC(C)C(CNCc1cncs1)N1CCN(C)CC1. The predicted octanol–water partition coefficient (Wildman–Crippen LogP) is 1.50. The van der Waals surface area contributed by atoms with Gasteiger partial charge in [0.15, 0.2) is 0 Å². The number of nitrogens with one attached hydrogen (secondary N) is 1. The summed E-state index contributed by atoms with van der Waals surface area (Å²) in [6, 6.07) is 0.640. The van der Waals surface area contributed by atoms with Crippen molar-refractivity contribution in [2.24, 2.45) is 5.92 Å². The smallest absolute Gasteiger partial charge is 0.0794 e. The van der Waals surface area contributed by atoms with Crippen LogP contribution >= 0.6 is 11.3 Å². The Kier molecular flexibility index (Phi) is 5.76. The Morgan fingerprint density at radius 3 is 2.63 bits per heavy atom. The number of nitrogens with zero attached hydrogens (tertiary/aromatic N) is 3. The highest BCUT2D eigenvalue weighted by atomic mass is 32.1. The minimum absolute atomic E-state index is 0.640. The van der Waals surface area contributed by atoms with Crippen LogP contribution in [0.3, 0.4) is 0 Å². The number of rotatable bonds is 6. The molecule has 0 aromatic carbocycles. The van der Waals surface area contributed by atoms with Crippen LogP contribution in [0.4, 0.5) is 0 Å². The van der Waals surface area contributed by atoms with Gasteiger partial charge < -0.3 is 10.2 Å². The summed E-state index contributed by atoms with van der Waals surface area (Å²) in [5, 5.41) is 3.59. The lowest BCUT2D eigenvalue weighted by molar-refractivity contribution is 0.0875. The zero-order chi connectivity index (χ0) is 13.7. The molecular formula is C14H26N4S. The molecule has 0 bridgehead atoms. The second-order valence-corrected chi connectivity index (χ2v) is 6.72. The van der Waals surface area contributed by atoms with E-state index in [0.717, 1.165) is 13.1 Å². The van der Waals surface area contributed by atoms with Crippen molar-refractivity contribution in [1.82, 2.24) is 20.1 Å². The maximum Gasteiger partial charge on any atom is 0.0794 e. The Bertz CT molecular complexity index is 344. The summed E-state index contributed by atoms with van der Waals surface area (Å²) in [6.07, 6.45) is 1.96. The molecule has 0 amide bonds. The largest absolute Gasteiger partial charge is 0.310 e. The second kappa shape index (κ2) is 7.33. The van der Waals surface area contributed by atoms with Gasteiger partial charge in [0.1, 0.15) is 0 Å². The summed E-state index contributed by atoms with van der Waals surface area (Å²) in [4.78, 5) is 10.5. The standard InChI is InChI=1S/C14H26N4S/c1-12(2)14(18-6-4-17(3)5-7-18)10-15-8-13-9-16-11-19-13/h9,11-12,14-15H,4-8,10H2,1-3H3. The van der Waals surface area contributed by atoms with Gasteiger partial charge in [-0.05, 0) is 13.0 Å². The van der Waals surface area contributed by atoms with Crippen molar-refractivity contribution in [1.29, 1.82) is 0 Å². The average molecular weight is 282 g/mol. The van der Waals surface area contributed by atoms with E-state index in [1.165, 1.54) is 31.1 Å². The lowest BCUT2D eigenvalue weighted by atomic mass is 10.0. The molecule has 108 valence electrons. The predicted molar refractivity (Wildman–Crippen MR) is 81.5 cm³/mol. The molecule has 0 saturated carbocycles. The first-order valence-corrected chi connectivity index (χ1v) is 8.05. The Labute approximate surface area is 120 Å². The highest BCUT2D eigenvalue weighted by Crippen LogP contribution is 2.13. The van der Waals surface area contributed by atoms with E-state index in [4.69, 9.17) is 0 Å². The van der Waals surface area contributed by atoms with Gasteiger partial charge in [-0.3, -0.25) is 9.88 Å². The van der Waals surface area contributed by atoms with Crippen LogP contribution < -0.4 is 5.32 Å².